The van der Waals surface area contributed by atoms with Crippen LogP contribution in [-0.4, -0.2) is 21.4 Å². The summed E-state index contributed by atoms with van der Waals surface area (Å²) < 4.78 is 1.95. The molecule has 0 aliphatic heterocycles. The second-order valence-corrected chi connectivity index (χ2v) is 6.24. The summed E-state index contributed by atoms with van der Waals surface area (Å²) >= 11 is 11.5. The number of rotatable bonds is 6. The van der Waals surface area contributed by atoms with Crippen molar-refractivity contribution in [1.82, 2.24) is 15.1 Å². The van der Waals surface area contributed by atoms with Crippen LogP contribution in [0.2, 0.25) is 5.02 Å². The van der Waals surface area contributed by atoms with Crippen LogP contribution in [0.15, 0.2) is 24.3 Å². The van der Waals surface area contributed by atoms with Crippen molar-refractivity contribution in [1.29, 1.82) is 0 Å². The molecule has 0 aliphatic carbocycles. The molecule has 0 atom stereocenters. The lowest BCUT2D eigenvalue weighted by molar-refractivity contribution is 0.558. The summed E-state index contributed by atoms with van der Waals surface area (Å²) in [7, 11) is 0. The molecular weight excluding hydrogens is 328 g/mol. The Morgan fingerprint density at radius 3 is 2.70 bits per heavy atom. The molecule has 23 heavy (non-hydrogen) atoms. The van der Waals surface area contributed by atoms with Crippen LogP contribution < -0.4 is 10.6 Å². The molecule has 0 radical (unpaired) electrons. The van der Waals surface area contributed by atoms with E-state index in [4.69, 9.17) is 23.8 Å². The van der Waals surface area contributed by atoms with Gasteiger partial charge >= 0.3 is 0 Å². The Balaban J connectivity index is 1.78. The zero-order valence-electron chi connectivity index (χ0n) is 13.8. The summed E-state index contributed by atoms with van der Waals surface area (Å²) in [5.41, 5.74) is 4.22. The molecule has 0 amide bonds. The lowest BCUT2D eigenvalue weighted by Crippen LogP contribution is -2.30. The van der Waals surface area contributed by atoms with Gasteiger partial charge in [-0.1, -0.05) is 36.7 Å². The van der Waals surface area contributed by atoms with Gasteiger partial charge < -0.3 is 10.6 Å². The van der Waals surface area contributed by atoms with Crippen LogP contribution in [0.5, 0.6) is 0 Å². The topological polar surface area (TPSA) is 41.9 Å². The number of nitrogens with zero attached hydrogens (tertiary/aromatic N) is 2. The number of halogens is 1. The summed E-state index contributed by atoms with van der Waals surface area (Å²) in [6.07, 6.45) is 1.90. The van der Waals surface area contributed by atoms with E-state index in [-0.39, 0.29) is 0 Å². The molecule has 6 heteroatoms. The summed E-state index contributed by atoms with van der Waals surface area (Å²) in [6, 6.07) is 8.21. The lowest BCUT2D eigenvalue weighted by Gasteiger charge is -2.13. The van der Waals surface area contributed by atoms with Gasteiger partial charge in [-0.2, -0.15) is 5.10 Å². The van der Waals surface area contributed by atoms with E-state index in [0.717, 1.165) is 48.0 Å². The fraction of sp³-hybridized carbons (Fsp3) is 0.412. The second-order valence-electron chi connectivity index (χ2n) is 5.45. The van der Waals surface area contributed by atoms with Crippen molar-refractivity contribution >= 4 is 34.6 Å². The van der Waals surface area contributed by atoms with E-state index in [1.807, 2.05) is 36.7 Å². The van der Waals surface area contributed by atoms with Crippen LogP contribution in [0.3, 0.4) is 0 Å². The highest BCUT2D eigenvalue weighted by molar-refractivity contribution is 7.80. The van der Waals surface area contributed by atoms with E-state index in [9.17, 15) is 0 Å². The Kier molecular flexibility index (Phi) is 6.42. The van der Waals surface area contributed by atoms with Crippen molar-refractivity contribution in [3.8, 4) is 0 Å². The first kappa shape index (κ1) is 17.8. The van der Waals surface area contributed by atoms with E-state index >= 15 is 0 Å². The Hall–Kier alpha value is -1.59. The molecule has 1 heterocycles. The van der Waals surface area contributed by atoms with Crippen LogP contribution in [-0.2, 0) is 13.0 Å². The third-order valence-electron chi connectivity index (χ3n) is 3.77. The van der Waals surface area contributed by atoms with Gasteiger partial charge in [-0.25, -0.2) is 0 Å². The Morgan fingerprint density at radius 1 is 1.30 bits per heavy atom. The van der Waals surface area contributed by atoms with Crippen molar-refractivity contribution < 1.29 is 0 Å². The molecule has 0 bridgehead atoms. The Labute approximate surface area is 148 Å². The number of thiocarbonyl (C=S) groups is 1. The minimum absolute atomic E-state index is 0.650. The highest BCUT2D eigenvalue weighted by Gasteiger charge is 2.08. The van der Waals surface area contributed by atoms with Gasteiger partial charge in [0.2, 0.25) is 0 Å². The van der Waals surface area contributed by atoms with E-state index in [1.165, 1.54) is 5.56 Å². The van der Waals surface area contributed by atoms with Crippen molar-refractivity contribution in [2.24, 2.45) is 0 Å². The molecule has 2 aromatic rings. The Morgan fingerprint density at radius 2 is 2.04 bits per heavy atom. The van der Waals surface area contributed by atoms with Crippen molar-refractivity contribution in [3.05, 3.63) is 46.2 Å². The van der Waals surface area contributed by atoms with Crippen molar-refractivity contribution in [3.63, 3.8) is 0 Å². The van der Waals surface area contributed by atoms with E-state index in [1.54, 1.807) is 0 Å². The van der Waals surface area contributed by atoms with Crippen molar-refractivity contribution in [2.75, 3.05) is 11.9 Å². The van der Waals surface area contributed by atoms with Gasteiger partial charge in [0.1, 0.15) is 0 Å². The molecule has 0 unspecified atom stereocenters. The molecule has 0 spiro atoms. The van der Waals surface area contributed by atoms with Gasteiger partial charge in [-0.05, 0) is 50.5 Å². The number of aryl methyl sites for hydroxylation is 3. The molecule has 2 rings (SSSR count). The maximum absolute atomic E-state index is 6.15. The number of hydrogen-bond acceptors (Lipinski definition) is 2. The largest absolute Gasteiger partial charge is 0.362 e. The maximum atomic E-state index is 6.15. The third kappa shape index (κ3) is 4.69. The maximum Gasteiger partial charge on any atom is 0.170 e. The fourth-order valence-electron chi connectivity index (χ4n) is 2.44. The minimum Gasteiger partial charge on any atom is -0.362 e. The molecule has 0 saturated carbocycles. The predicted molar refractivity (Wildman–Crippen MR) is 101 cm³/mol. The molecular formula is C17H23ClN4S. The number of anilines is 1. The molecule has 0 fully saturated rings. The first-order valence-corrected chi connectivity index (χ1v) is 8.63. The van der Waals surface area contributed by atoms with E-state index in [0.29, 0.717) is 5.11 Å². The normalized spacial score (nSPS) is 10.6. The second kappa shape index (κ2) is 8.31. The van der Waals surface area contributed by atoms with Crippen molar-refractivity contribution in [2.45, 2.75) is 40.2 Å². The smallest absolute Gasteiger partial charge is 0.170 e. The summed E-state index contributed by atoms with van der Waals surface area (Å²) in [5, 5.41) is 12.3. The molecule has 0 aliphatic rings. The first-order valence-electron chi connectivity index (χ1n) is 7.85. The highest BCUT2D eigenvalue weighted by Crippen LogP contribution is 2.19. The number of hydrogen-bond donors (Lipinski definition) is 2. The number of aromatic nitrogens is 2. The Bertz CT molecular complexity index is 681. The minimum atomic E-state index is 0.650. The molecule has 2 N–H and O–H groups in total. The summed E-state index contributed by atoms with van der Waals surface area (Å²) in [6.45, 7) is 7.66. The van der Waals surface area contributed by atoms with E-state index in [2.05, 4.69) is 28.7 Å². The fourth-order valence-corrected chi connectivity index (χ4v) is 2.79. The highest BCUT2D eigenvalue weighted by atomic mass is 35.5. The van der Waals surface area contributed by atoms with Crippen LogP contribution in [0.1, 0.15) is 30.3 Å². The van der Waals surface area contributed by atoms with Crippen LogP contribution in [0, 0.1) is 13.8 Å². The molecule has 1 aromatic carbocycles. The van der Waals surface area contributed by atoms with Crippen LogP contribution in [0.25, 0.3) is 0 Å². The average Bonchev–Trinajstić information content (AvgIpc) is 2.79. The number of nitrogens with one attached hydrogen (secondary N) is 2. The van der Waals surface area contributed by atoms with Gasteiger partial charge in [0.15, 0.2) is 5.11 Å². The van der Waals surface area contributed by atoms with Crippen LogP contribution in [0.4, 0.5) is 5.69 Å². The van der Waals surface area contributed by atoms with Gasteiger partial charge in [0, 0.05) is 18.8 Å². The van der Waals surface area contributed by atoms with Gasteiger partial charge in [0.25, 0.3) is 0 Å². The predicted octanol–water partition coefficient (Wildman–Crippen LogP) is 4.09. The SMILES string of the molecule is CCc1ccccc1NC(=S)NCCCn1nc(C)c(Cl)c1C. The van der Waals surface area contributed by atoms with Crippen LogP contribution >= 0.6 is 23.8 Å². The van der Waals surface area contributed by atoms with Gasteiger partial charge in [0.05, 0.1) is 16.4 Å². The zero-order valence-corrected chi connectivity index (χ0v) is 15.4. The lowest BCUT2D eigenvalue weighted by atomic mass is 10.1. The molecule has 1 aromatic heterocycles. The quantitative estimate of drug-likeness (QED) is 0.608. The molecule has 0 saturated heterocycles. The summed E-state index contributed by atoms with van der Waals surface area (Å²) in [5.74, 6) is 0. The standard InChI is InChI=1S/C17H23ClN4S/c1-4-14-8-5-6-9-15(14)20-17(23)19-10-7-11-22-13(3)16(18)12(2)21-22/h5-6,8-9H,4,7,10-11H2,1-3H3,(H2,19,20,23). The average molecular weight is 351 g/mol. The van der Waals surface area contributed by atoms with Gasteiger partial charge in [-0.15, -0.1) is 0 Å². The third-order valence-corrected chi connectivity index (χ3v) is 4.57. The number of para-hydroxylation sites is 1. The summed E-state index contributed by atoms with van der Waals surface area (Å²) in [4.78, 5) is 0. The monoisotopic (exact) mass is 350 g/mol. The molecule has 124 valence electrons. The van der Waals surface area contributed by atoms with Gasteiger partial charge in [-0.3, -0.25) is 4.68 Å². The van der Waals surface area contributed by atoms with E-state index < -0.39 is 0 Å². The number of benzene rings is 1. The zero-order chi connectivity index (χ0) is 16.8. The first-order chi connectivity index (χ1) is 11.0. The molecule has 4 nitrogen and oxygen atoms in total.